The summed E-state index contributed by atoms with van der Waals surface area (Å²) < 4.78 is 0. The number of hydrogen-bond acceptors (Lipinski definition) is 6. The Morgan fingerprint density at radius 1 is 1.24 bits per heavy atom. The molecular weight excluding hydrogens is 322 g/mol. The first-order valence-corrected chi connectivity index (χ1v) is 9.17. The van der Waals surface area contributed by atoms with Gasteiger partial charge in [-0.3, -0.25) is 4.79 Å². The van der Waals surface area contributed by atoms with Crippen molar-refractivity contribution in [1.29, 1.82) is 0 Å². The molecule has 0 saturated heterocycles. The lowest BCUT2D eigenvalue weighted by molar-refractivity contribution is -0.118. The summed E-state index contributed by atoms with van der Waals surface area (Å²) in [6.07, 6.45) is 2.44. The molecule has 4 nitrogen and oxygen atoms in total. The smallest absolute Gasteiger partial charge is 0.230 e. The van der Waals surface area contributed by atoms with Gasteiger partial charge in [-0.15, -0.1) is 22.7 Å². The van der Waals surface area contributed by atoms with E-state index in [-0.39, 0.29) is 5.91 Å². The van der Waals surface area contributed by atoms with Gasteiger partial charge in [-0.2, -0.15) is 0 Å². The van der Waals surface area contributed by atoms with Gasteiger partial charge in [0, 0.05) is 16.8 Å². The zero-order chi connectivity index (χ0) is 14.5. The molecule has 0 aromatic carbocycles. The Hall–Kier alpha value is -1.44. The van der Waals surface area contributed by atoms with Gasteiger partial charge in [0.25, 0.3) is 0 Å². The third kappa shape index (κ3) is 3.81. The minimum atomic E-state index is 0.0403. The maximum atomic E-state index is 11.8. The topological polar surface area (TPSA) is 54.9 Å². The van der Waals surface area contributed by atoms with E-state index in [0.29, 0.717) is 12.3 Å². The van der Waals surface area contributed by atoms with Crippen LogP contribution in [-0.2, 0) is 11.2 Å². The number of fused-ring (bicyclic) bond motifs is 1. The number of carbonyl (C=O) groups is 1. The van der Waals surface area contributed by atoms with Crippen LogP contribution in [0.15, 0.2) is 40.3 Å². The Bertz CT molecular complexity index is 724. The summed E-state index contributed by atoms with van der Waals surface area (Å²) in [5, 5.41) is 8.88. The van der Waals surface area contributed by atoms with E-state index < -0.39 is 0 Å². The molecule has 1 amide bonds. The van der Waals surface area contributed by atoms with Gasteiger partial charge >= 0.3 is 0 Å². The van der Waals surface area contributed by atoms with Crippen molar-refractivity contribution in [1.82, 2.24) is 15.3 Å². The largest absolute Gasteiger partial charge is 0.355 e. The van der Waals surface area contributed by atoms with Crippen molar-refractivity contribution in [3.63, 3.8) is 0 Å². The second-order valence-electron chi connectivity index (χ2n) is 4.29. The van der Waals surface area contributed by atoms with Crippen LogP contribution in [0.1, 0.15) is 4.88 Å². The fourth-order valence-corrected chi connectivity index (χ4v) is 4.17. The van der Waals surface area contributed by atoms with E-state index in [0.717, 1.165) is 21.7 Å². The Morgan fingerprint density at radius 3 is 3.05 bits per heavy atom. The third-order valence-corrected chi connectivity index (χ3v) is 5.60. The first-order chi connectivity index (χ1) is 10.3. The van der Waals surface area contributed by atoms with E-state index in [9.17, 15) is 4.79 Å². The molecule has 0 aliphatic heterocycles. The van der Waals surface area contributed by atoms with Crippen LogP contribution in [0.25, 0.3) is 10.2 Å². The van der Waals surface area contributed by atoms with Gasteiger partial charge in [0.1, 0.15) is 16.2 Å². The highest BCUT2D eigenvalue weighted by molar-refractivity contribution is 8.00. The van der Waals surface area contributed by atoms with Crippen molar-refractivity contribution in [2.75, 3.05) is 12.3 Å². The number of aromatic nitrogens is 2. The summed E-state index contributed by atoms with van der Waals surface area (Å²) in [6.45, 7) is 0.678. The molecule has 0 saturated carbocycles. The molecule has 0 bridgehead atoms. The molecule has 21 heavy (non-hydrogen) atoms. The molecule has 0 unspecified atom stereocenters. The zero-order valence-corrected chi connectivity index (χ0v) is 13.6. The second-order valence-corrected chi connectivity index (χ2v) is 7.18. The number of rotatable bonds is 6. The van der Waals surface area contributed by atoms with Crippen LogP contribution in [0.3, 0.4) is 0 Å². The minimum absolute atomic E-state index is 0.0403. The zero-order valence-electron chi connectivity index (χ0n) is 11.1. The van der Waals surface area contributed by atoms with E-state index in [2.05, 4.69) is 21.4 Å². The molecule has 3 rings (SSSR count). The summed E-state index contributed by atoms with van der Waals surface area (Å²) >= 11 is 4.76. The molecule has 3 aromatic rings. The van der Waals surface area contributed by atoms with Gasteiger partial charge < -0.3 is 5.32 Å². The van der Waals surface area contributed by atoms with Crippen LogP contribution >= 0.6 is 34.4 Å². The fourth-order valence-electron chi connectivity index (χ4n) is 1.85. The van der Waals surface area contributed by atoms with Gasteiger partial charge in [-0.05, 0) is 29.3 Å². The van der Waals surface area contributed by atoms with E-state index in [1.165, 1.54) is 16.6 Å². The lowest BCUT2D eigenvalue weighted by Gasteiger charge is -2.04. The molecule has 0 fully saturated rings. The van der Waals surface area contributed by atoms with Crippen LogP contribution in [0, 0.1) is 0 Å². The van der Waals surface area contributed by atoms with E-state index in [1.807, 2.05) is 22.9 Å². The molecule has 0 aliphatic rings. The number of thioether (sulfide) groups is 1. The van der Waals surface area contributed by atoms with Crippen LogP contribution in [-0.4, -0.2) is 28.2 Å². The predicted molar refractivity (Wildman–Crippen MR) is 89.2 cm³/mol. The van der Waals surface area contributed by atoms with Gasteiger partial charge in [0.15, 0.2) is 0 Å². The van der Waals surface area contributed by atoms with Crippen molar-refractivity contribution in [3.8, 4) is 0 Å². The highest BCUT2D eigenvalue weighted by atomic mass is 32.2. The van der Waals surface area contributed by atoms with Crippen LogP contribution in [0.2, 0.25) is 0 Å². The first-order valence-electron chi connectivity index (χ1n) is 6.43. The van der Waals surface area contributed by atoms with Gasteiger partial charge in [0.05, 0.1) is 5.75 Å². The average Bonchev–Trinajstić information content (AvgIpc) is 3.16. The van der Waals surface area contributed by atoms with Crippen molar-refractivity contribution < 1.29 is 4.79 Å². The Labute approximate surface area is 134 Å². The van der Waals surface area contributed by atoms with Gasteiger partial charge in [0.2, 0.25) is 5.91 Å². The van der Waals surface area contributed by atoms with Crippen molar-refractivity contribution in [2.24, 2.45) is 0 Å². The normalized spacial score (nSPS) is 10.9. The summed E-state index contributed by atoms with van der Waals surface area (Å²) in [7, 11) is 0. The Balaban J connectivity index is 1.48. The van der Waals surface area contributed by atoms with Gasteiger partial charge in [-0.1, -0.05) is 17.8 Å². The van der Waals surface area contributed by atoms with Gasteiger partial charge in [-0.25, -0.2) is 9.97 Å². The SMILES string of the molecule is O=C(CSc1ncnc2sccc12)NCCc1cccs1. The molecule has 0 atom stereocenters. The fraction of sp³-hybridized carbons (Fsp3) is 0.214. The van der Waals surface area contributed by atoms with E-state index in [4.69, 9.17) is 0 Å². The highest BCUT2D eigenvalue weighted by Gasteiger charge is 2.08. The monoisotopic (exact) mass is 335 g/mol. The average molecular weight is 335 g/mol. The number of carbonyl (C=O) groups excluding carboxylic acids is 1. The summed E-state index contributed by atoms with van der Waals surface area (Å²) in [5.41, 5.74) is 0. The van der Waals surface area contributed by atoms with Crippen LogP contribution in [0.4, 0.5) is 0 Å². The third-order valence-electron chi connectivity index (χ3n) is 2.84. The lowest BCUT2D eigenvalue weighted by atomic mass is 10.3. The number of thiophene rings is 2. The lowest BCUT2D eigenvalue weighted by Crippen LogP contribution is -2.27. The quantitative estimate of drug-likeness (QED) is 0.555. The molecule has 0 aliphatic carbocycles. The molecule has 0 radical (unpaired) electrons. The number of hydrogen-bond donors (Lipinski definition) is 1. The van der Waals surface area contributed by atoms with Crippen molar-refractivity contribution in [2.45, 2.75) is 11.4 Å². The molecular formula is C14H13N3OS3. The molecule has 108 valence electrons. The molecule has 1 N–H and O–H groups in total. The first kappa shape index (κ1) is 14.5. The van der Waals surface area contributed by atoms with E-state index in [1.54, 1.807) is 29.0 Å². The number of nitrogens with zero attached hydrogens (tertiary/aromatic N) is 2. The molecule has 7 heteroatoms. The molecule has 3 heterocycles. The summed E-state index contributed by atoms with van der Waals surface area (Å²) in [6, 6.07) is 6.11. The summed E-state index contributed by atoms with van der Waals surface area (Å²) in [4.78, 5) is 22.6. The van der Waals surface area contributed by atoms with Crippen LogP contribution in [0.5, 0.6) is 0 Å². The highest BCUT2D eigenvalue weighted by Crippen LogP contribution is 2.27. The minimum Gasteiger partial charge on any atom is -0.355 e. The number of nitrogens with one attached hydrogen (secondary N) is 1. The Kier molecular flexibility index (Phi) is 4.84. The number of amides is 1. The summed E-state index contributed by atoms with van der Waals surface area (Å²) in [5.74, 6) is 0.422. The van der Waals surface area contributed by atoms with Crippen molar-refractivity contribution >= 4 is 50.6 Å². The van der Waals surface area contributed by atoms with Crippen molar-refractivity contribution in [3.05, 3.63) is 40.2 Å². The molecule has 0 spiro atoms. The molecule has 3 aromatic heterocycles. The maximum Gasteiger partial charge on any atom is 0.230 e. The van der Waals surface area contributed by atoms with E-state index >= 15 is 0 Å². The second kappa shape index (κ2) is 7.02. The Morgan fingerprint density at radius 2 is 2.19 bits per heavy atom. The van der Waals surface area contributed by atoms with Crippen LogP contribution < -0.4 is 5.32 Å². The maximum absolute atomic E-state index is 11.8. The predicted octanol–water partition coefficient (Wildman–Crippen LogP) is 3.20. The standard InChI is InChI=1S/C14H13N3OS3/c18-12(15-5-3-10-2-1-6-19-10)8-21-14-11-4-7-20-13(11)16-9-17-14/h1-2,4,6-7,9H,3,5,8H2,(H,15,18).